The number of ether oxygens (including phenoxy) is 1. The van der Waals surface area contributed by atoms with Gasteiger partial charge in [-0.3, -0.25) is 9.20 Å². The molecule has 2 rings (SSSR count). The second-order valence-corrected chi connectivity index (χ2v) is 3.94. The van der Waals surface area contributed by atoms with Gasteiger partial charge in [-0.25, -0.2) is 9.78 Å². The highest BCUT2D eigenvalue weighted by Crippen LogP contribution is 2.00. The van der Waals surface area contributed by atoms with Crippen LogP contribution < -0.4 is 5.56 Å². The number of fused-ring (bicyclic) bond motifs is 1. The minimum atomic E-state index is -0.686. The molecule has 0 atom stereocenters. The summed E-state index contributed by atoms with van der Waals surface area (Å²) >= 11 is 0. The Labute approximate surface area is 103 Å². The minimum Gasteiger partial charge on any atom is -0.457 e. The molecule has 2 aromatic heterocycles. The molecule has 0 radical (unpaired) electrons. The van der Waals surface area contributed by atoms with Gasteiger partial charge in [-0.15, -0.1) is 0 Å². The number of carbonyl (C=O) groups is 1. The van der Waals surface area contributed by atoms with Gasteiger partial charge in [-0.1, -0.05) is 12.6 Å². The zero-order valence-corrected chi connectivity index (χ0v) is 9.92. The van der Waals surface area contributed by atoms with Gasteiger partial charge in [0.15, 0.2) is 0 Å². The zero-order chi connectivity index (χ0) is 13.1. The van der Waals surface area contributed by atoms with Crippen molar-refractivity contribution >= 4 is 11.6 Å². The third kappa shape index (κ3) is 2.29. The van der Waals surface area contributed by atoms with E-state index in [1.807, 2.05) is 0 Å². The molecule has 0 aliphatic rings. The average molecular weight is 244 g/mol. The molecule has 0 aliphatic heterocycles. The van der Waals surface area contributed by atoms with Gasteiger partial charge < -0.3 is 4.74 Å². The van der Waals surface area contributed by atoms with Crippen molar-refractivity contribution < 1.29 is 9.53 Å². The Morgan fingerprint density at radius 2 is 2.28 bits per heavy atom. The number of aromatic nitrogens is 2. The number of rotatable bonds is 3. The Bertz CT molecular complexity index is 673. The van der Waals surface area contributed by atoms with E-state index in [1.165, 1.54) is 10.6 Å². The Morgan fingerprint density at radius 3 is 3.00 bits per heavy atom. The first-order valence-corrected chi connectivity index (χ1v) is 5.37. The number of esters is 1. The van der Waals surface area contributed by atoms with E-state index >= 15 is 0 Å². The summed E-state index contributed by atoms with van der Waals surface area (Å²) in [4.78, 5) is 27.7. The molecule has 92 valence electrons. The maximum Gasteiger partial charge on any atom is 0.345 e. The highest BCUT2D eigenvalue weighted by Gasteiger charge is 2.14. The van der Waals surface area contributed by atoms with Crippen molar-refractivity contribution in [1.29, 1.82) is 0 Å². The third-order valence-corrected chi connectivity index (χ3v) is 2.28. The van der Waals surface area contributed by atoms with Crippen molar-refractivity contribution in [2.24, 2.45) is 0 Å². The molecule has 0 saturated carbocycles. The van der Waals surface area contributed by atoms with E-state index in [0.29, 0.717) is 11.2 Å². The van der Waals surface area contributed by atoms with Crippen LogP contribution in [0.25, 0.3) is 5.65 Å². The normalized spacial score (nSPS) is 10.3. The van der Waals surface area contributed by atoms with Gasteiger partial charge in [0.25, 0.3) is 5.56 Å². The van der Waals surface area contributed by atoms with E-state index in [2.05, 4.69) is 11.6 Å². The summed E-state index contributed by atoms with van der Waals surface area (Å²) in [5.41, 5.74) is 0.670. The molecule has 0 saturated heterocycles. The summed E-state index contributed by atoms with van der Waals surface area (Å²) in [5, 5.41) is 0. The molecule has 5 heteroatoms. The molecular weight excluding hydrogens is 232 g/mol. The zero-order valence-electron chi connectivity index (χ0n) is 9.92. The average Bonchev–Trinajstić information content (AvgIpc) is 2.37. The summed E-state index contributed by atoms with van der Waals surface area (Å²) in [6, 6.07) is 5.14. The molecule has 0 unspecified atom stereocenters. The lowest BCUT2D eigenvalue weighted by molar-refractivity contribution is 0.0537. The van der Waals surface area contributed by atoms with Gasteiger partial charge >= 0.3 is 5.97 Å². The largest absolute Gasteiger partial charge is 0.457 e. The lowest BCUT2D eigenvalue weighted by Crippen LogP contribution is -2.24. The highest BCUT2D eigenvalue weighted by atomic mass is 16.5. The fourth-order valence-corrected chi connectivity index (χ4v) is 1.43. The lowest BCUT2D eigenvalue weighted by atomic mass is 10.3. The van der Waals surface area contributed by atoms with Crippen LogP contribution in [0.4, 0.5) is 0 Å². The summed E-state index contributed by atoms with van der Waals surface area (Å²) < 4.78 is 6.23. The highest BCUT2D eigenvalue weighted by molar-refractivity contribution is 5.88. The van der Waals surface area contributed by atoms with Crippen LogP contribution in [0, 0.1) is 0 Å². The van der Waals surface area contributed by atoms with Crippen LogP contribution in [0.3, 0.4) is 0 Å². The molecule has 18 heavy (non-hydrogen) atoms. The van der Waals surface area contributed by atoms with E-state index < -0.39 is 11.5 Å². The molecule has 0 aromatic carbocycles. The van der Waals surface area contributed by atoms with E-state index in [-0.39, 0.29) is 12.2 Å². The first-order valence-electron chi connectivity index (χ1n) is 5.37. The molecule has 0 N–H and O–H groups in total. The third-order valence-electron chi connectivity index (χ3n) is 2.28. The van der Waals surface area contributed by atoms with Gasteiger partial charge in [-0.05, 0) is 24.6 Å². The predicted molar refractivity (Wildman–Crippen MR) is 66.6 cm³/mol. The SMILES string of the molecule is C=C(C)COC(=O)c1cnc2ccccn2c1=O. The number of hydrogen-bond acceptors (Lipinski definition) is 4. The van der Waals surface area contributed by atoms with Crippen LogP contribution in [0.15, 0.2) is 47.5 Å². The number of pyridine rings is 1. The molecule has 0 fully saturated rings. The molecule has 5 nitrogen and oxygen atoms in total. The Kier molecular flexibility index (Phi) is 3.23. The van der Waals surface area contributed by atoms with E-state index in [9.17, 15) is 9.59 Å². The standard InChI is InChI=1S/C13H12N2O3/c1-9(2)8-18-13(17)10-7-14-11-5-3-4-6-15(11)12(10)16/h3-7H,1,8H2,2H3. The Balaban J connectivity index is 2.40. The van der Waals surface area contributed by atoms with Crippen LogP contribution in [-0.4, -0.2) is 22.0 Å². The quantitative estimate of drug-likeness (QED) is 0.605. The van der Waals surface area contributed by atoms with Gasteiger partial charge in [0.05, 0.1) is 0 Å². The summed E-state index contributed by atoms with van der Waals surface area (Å²) in [5.74, 6) is -0.686. The predicted octanol–water partition coefficient (Wildman–Crippen LogP) is 1.43. The topological polar surface area (TPSA) is 60.7 Å². The van der Waals surface area contributed by atoms with Gasteiger partial charge in [0, 0.05) is 12.4 Å². The molecule has 0 aliphatic carbocycles. The van der Waals surface area contributed by atoms with Gasteiger partial charge in [-0.2, -0.15) is 0 Å². The molecule has 2 aromatic rings. The van der Waals surface area contributed by atoms with E-state index in [4.69, 9.17) is 4.74 Å². The van der Waals surface area contributed by atoms with Crippen LogP contribution in [0.5, 0.6) is 0 Å². The van der Waals surface area contributed by atoms with Crippen LogP contribution >= 0.6 is 0 Å². The molecular formula is C13H12N2O3. The Morgan fingerprint density at radius 1 is 1.50 bits per heavy atom. The monoisotopic (exact) mass is 244 g/mol. The van der Waals surface area contributed by atoms with Crippen molar-refractivity contribution in [3.63, 3.8) is 0 Å². The van der Waals surface area contributed by atoms with Crippen LogP contribution in [0.1, 0.15) is 17.3 Å². The minimum absolute atomic E-state index is 0.0834. The number of hydrogen-bond donors (Lipinski definition) is 0. The lowest BCUT2D eigenvalue weighted by Gasteiger charge is -2.05. The molecule has 0 amide bonds. The van der Waals surface area contributed by atoms with Crippen LogP contribution in [0.2, 0.25) is 0 Å². The molecule has 2 heterocycles. The van der Waals surface area contributed by atoms with Crippen molar-refractivity contribution in [3.8, 4) is 0 Å². The first-order chi connectivity index (χ1) is 8.59. The summed E-state index contributed by atoms with van der Waals surface area (Å²) in [7, 11) is 0. The summed E-state index contributed by atoms with van der Waals surface area (Å²) in [6.45, 7) is 5.44. The van der Waals surface area contributed by atoms with Crippen molar-refractivity contribution in [2.75, 3.05) is 6.61 Å². The second-order valence-electron chi connectivity index (χ2n) is 3.94. The van der Waals surface area contributed by atoms with Crippen molar-refractivity contribution in [1.82, 2.24) is 9.38 Å². The Hall–Kier alpha value is -2.43. The summed E-state index contributed by atoms with van der Waals surface area (Å²) in [6.07, 6.45) is 2.79. The maximum absolute atomic E-state index is 12.0. The molecule has 0 spiro atoms. The van der Waals surface area contributed by atoms with Gasteiger partial charge in [0.1, 0.15) is 17.8 Å². The number of carbonyl (C=O) groups excluding carboxylic acids is 1. The smallest absolute Gasteiger partial charge is 0.345 e. The first kappa shape index (κ1) is 12.0. The van der Waals surface area contributed by atoms with E-state index in [1.54, 1.807) is 31.3 Å². The van der Waals surface area contributed by atoms with Crippen molar-refractivity contribution in [2.45, 2.75) is 6.92 Å². The maximum atomic E-state index is 12.0. The van der Waals surface area contributed by atoms with Crippen molar-refractivity contribution in [3.05, 3.63) is 58.7 Å². The molecule has 0 bridgehead atoms. The van der Waals surface area contributed by atoms with E-state index in [0.717, 1.165) is 0 Å². The number of nitrogens with zero attached hydrogens (tertiary/aromatic N) is 2. The fraction of sp³-hybridized carbons (Fsp3) is 0.154. The second kappa shape index (κ2) is 4.83. The fourth-order valence-electron chi connectivity index (χ4n) is 1.43. The van der Waals surface area contributed by atoms with Crippen LogP contribution in [-0.2, 0) is 4.74 Å². The van der Waals surface area contributed by atoms with Gasteiger partial charge in [0.2, 0.25) is 0 Å².